The monoisotopic (exact) mass is 463 g/mol. The molecule has 2 aliphatic carbocycles. The van der Waals surface area contributed by atoms with Gasteiger partial charge in [-0.3, -0.25) is 0 Å². The Kier molecular flexibility index (Phi) is 9.74. The van der Waals surface area contributed by atoms with E-state index in [0.717, 1.165) is 19.3 Å². The van der Waals surface area contributed by atoms with Crippen molar-refractivity contribution >= 4 is 7.63 Å². The molecule has 0 nitrogen and oxygen atoms in total. The van der Waals surface area contributed by atoms with Gasteiger partial charge in [0.05, 0.1) is 0 Å². The van der Waals surface area contributed by atoms with Gasteiger partial charge in [0.15, 0.2) is 0 Å². The third-order valence-electron chi connectivity index (χ3n) is 5.59. The van der Waals surface area contributed by atoms with Crippen molar-refractivity contribution in [2.75, 3.05) is 0 Å². The van der Waals surface area contributed by atoms with Crippen molar-refractivity contribution < 1.29 is 19.2 Å². The van der Waals surface area contributed by atoms with Gasteiger partial charge in [0.1, 0.15) is 0 Å². The van der Waals surface area contributed by atoms with E-state index in [0.29, 0.717) is 0 Å². The number of fused-ring (bicyclic) bond motifs is 6. The Balaban J connectivity index is 0.000000146. The van der Waals surface area contributed by atoms with Crippen LogP contribution in [0.25, 0.3) is 22.3 Å². The van der Waals surface area contributed by atoms with Gasteiger partial charge in [0.2, 0.25) is 0 Å². The van der Waals surface area contributed by atoms with Crippen molar-refractivity contribution in [1.29, 1.82) is 0 Å². The first-order valence-corrected chi connectivity index (χ1v) is 13.9. The van der Waals surface area contributed by atoms with Crippen molar-refractivity contribution in [2.45, 2.75) is 32.6 Å². The molecule has 0 atom stereocenters. The van der Waals surface area contributed by atoms with Gasteiger partial charge >= 0.3 is 26.8 Å². The van der Waals surface area contributed by atoms with Crippen molar-refractivity contribution in [3.8, 4) is 22.3 Å². The maximum absolute atomic E-state index is 3.60. The molecule has 0 saturated heterocycles. The Hall–Kier alpha value is -2.19. The molecule has 4 aromatic rings. The van der Waals surface area contributed by atoms with E-state index in [1.165, 1.54) is 50.9 Å². The molecule has 32 heavy (non-hydrogen) atoms. The standard InChI is InChI=1S/2C13H9.C4H9.Si.Ti/c2*1-3-7-12-10(5-1)9-11-6-2-4-8-13(11)12;1-3-4-2;;/h2*1-5,7-8H,9H2;1,3-4H2,2H3;;/q3*-1;;. The number of hydrogen-bond acceptors (Lipinski definition) is 0. The smallest absolute Gasteiger partial charge is 0.0253 e. The van der Waals surface area contributed by atoms with Crippen LogP contribution in [-0.2, 0) is 32.0 Å². The second kappa shape index (κ2) is 12.7. The maximum Gasteiger partial charge on any atom is -0.0253 e. The van der Waals surface area contributed by atoms with Crippen LogP contribution in [0.15, 0.2) is 84.9 Å². The molecule has 0 saturated carbocycles. The summed E-state index contributed by atoms with van der Waals surface area (Å²) < 4.78 is 0. The second-order valence-electron chi connectivity index (χ2n) is 7.65. The molecular formula is C30H27SiTi-3. The Morgan fingerprint density at radius 3 is 1.47 bits per heavy atom. The van der Waals surface area contributed by atoms with Crippen LogP contribution in [-0.4, -0.2) is 7.63 Å². The van der Waals surface area contributed by atoms with Gasteiger partial charge in [-0.05, 0) is 12.8 Å². The fourth-order valence-electron chi connectivity index (χ4n) is 4.00. The Morgan fingerprint density at radius 1 is 0.688 bits per heavy atom. The van der Waals surface area contributed by atoms with Crippen LogP contribution in [0.4, 0.5) is 0 Å². The van der Waals surface area contributed by atoms with E-state index in [-0.39, 0.29) is 0 Å². The fourth-order valence-corrected chi connectivity index (χ4v) is 4.00. The minimum atomic E-state index is 1.05. The van der Waals surface area contributed by atoms with Gasteiger partial charge in [-0.2, -0.15) is 66.1 Å². The third-order valence-corrected chi connectivity index (χ3v) is 5.59. The van der Waals surface area contributed by atoms with Gasteiger partial charge in [-0.25, -0.2) is 0 Å². The van der Waals surface area contributed by atoms with Crippen LogP contribution in [0, 0.1) is 19.1 Å². The Bertz CT molecular complexity index is 971. The first-order chi connectivity index (χ1) is 15.8. The fraction of sp³-hybridized carbons (Fsp3) is 0.167. The molecule has 2 aliphatic rings. The van der Waals surface area contributed by atoms with Gasteiger partial charge in [-0.1, -0.05) is 84.1 Å². The molecule has 6 rings (SSSR count). The zero-order chi connectivity index (χ0) is 22.8. The SMILES string of the molecule is [CH2-]CCC.[Si]=[Ti].[c-]1cccc2c1Cc1ccccc1-2.[c-]1cccc2c1Cc1ccccc1-2. The van der Waals surface area contributed by atoms with Gasteiger partial charge in [-0.15, -0.1) is 11.1 Å². The maximum atomic E-state index is 3.60. The number of hydrogen-bond donors (Lipinski definition) is 0. The molecule has 2 heteroatoms. The molecule has 0 amide bonds. The van der Waals surface area contributed by atoms with Gasteiger partial charge in [0.25, 0.3) is 0 Å². The predicted molar refractivity (Wildman–Crippen MR) is 133 cm³/mol. The largest absolute Gasteiger partial charge is 0.179 e. The van der Waals surface area contributed by atoms with Gasteiger partial charge in [0, 0.05) is 0 Å². The van der Waals surface area contributed by atoms with Crippen molar-refractivity contribution in [2.24, 2.45) is 0 Å². The third kappa shape index (κ3) is 5.78. The molecule has 0 aromatic heterocycles. The number of benzene rings is 4. The average Bonchev–Trinajstić information content (AvgIpc) is 3.44. The van der Waals surface area contributed by atoms with E-state index >= 15 is 0 Å². The molecule has 0 bridgehead atoms. The summed E-state index contributed by atoms with van der Waals surface area (Å²) in [5.74, 6) is 0. The number of unbranched alkanes of at least 4 members (excludes halogenated alkanes) is 1. The summed E-state index contributed by atoms with van der Waals surface area (Å²) in [7, 11) is 2.97. The summed E-state index contributed by atoms with van der Waals surface area (Å²) in [6, 6.07) is 36.2. The summed E-state index contributed by atoms with van der Waals surface area (Å²) in [6.45, 7) is 5.72. The first kappa shape index (κ1) is 24.5. The predicted octanol–water partition coefficient (Wildman–Crippen LogP) is 7.35. The molecule has 2 radical (unpaired) electrons. The van der Waals surface area contributed by atoms with E-state index in [1.807, 2.05) is 12.1 Å². The van der Waals surface area contributed by atoms with Crippen LogP contribution < -0.4 is 0 Å². The quantitative estimate of drug-likeness (QED) is 0.177. The van der Waals surface area contributed by atoms with E-state index < -0.39 is 0 Å². The van der Waals surface area contributed by atoms with E-state index in [9.17, 15) is 0 Å². The normalized spacial score (nSPS) is 11.0. The number of rotatable bonds is 1. The molecule has 0 fully saturated rings. The summed E-state index contributed by atoms with van der Waals surface area (Å²) in [4.78, 5) is 0. The first-order valence-electron chi connectivity index (χ1n) is 11.0. The molecule has 0 unspecified atom stereocenters. The summed E-state index contributed by atoms with van der Waals surface area (Å²) >= 11 is 1.81. The van der Waals surface area contributed by atoms with Gasteiger partial charge < -0.3 is 6.92 Å². The van der Waals surface area contributed by atoms with Crippen LogP contribution in [0.5, 0.6) is 0 Å². The average molecular weight is 463 g/mol. The molecule has 0 N–H and O–H groups in total. The molecular weight excluding hydrogens is 436 g/mol. The summed E-state index contributed by atoms with van der Waals surface area (Å²) in [5, 5.41) is 0. The zero-order valence-corrected chi connectivity index (χ0v) is 21.2. The van der Waals surface area contributed by atoms with Crippen LogP contribution in [0.1, 0.15) is 42.0 Å². The molecule has 158 valence electrons. The Morgan fingerprint density at radius 2 is 1.06 bits per heavy atom. The molecule has 0 aliphatic heterocycles. The molecule has 0 spiro atoms. The van der Waals surface area contributed by atoms with Crippen molar-refractivity contribution in [1.82, 2.24) is 0 Å². The second-order valence-corrected chi connectivity index (χ2v) is 7.65. The van der Waals surface area contributed by atoms with E-state index in [1.54, 1.807) is 19.2 Å². The molecule has 4 aromatic carbocycles. The zero-order valence-electron chi connectivity index (χ0n) is 18.6. The minimum Gasteiger partial charge on any atom is -0.179 e. The molecule has 0 heterocycles. The Labute approximate surface area is 207 Å². The summed E-state index contributed by atoms with van der Waals surface area (Å²) in [6.07, 6.45) is 4.37. The van der Waals surface area contributed by atoms with Crippen LogP contribution >= 0.6 is 0 Å². The van der Waals surface area contributed by atoms with Crippen LogP contribution in [0.3, 0.4) is 0 Å². The van der Waals surface area contributed by atoms with Crippen molar-refractivity contribution in [3.05, 3.63) is 126 Å². The van der Waals surface area contributed by atoms with Crippen LogP contribution in [0.2, 0.25) is 0 Å². The minimum absolute atomic E-state index is 1.05. The topological polar surface area (TPSA) is 0 Å². The van der Waals surface area contributed by atoms with E-state index in [2.05, 4.69) is 106 Å². The summed E-state index contributed by atoms with van der Waals surface area (Å²) in [5.41, 5.74) is 11.0. The van der Waals surface area contributed by atoms with E-state index in [4.69, 9.17) is 0 Å². The van der Waals surface area contributed by atoms with Crippen molar-refractivity contribution in [3.63, 3.8) is 0 Å².